The molecule has 10 heteroatoms. The summed E-state index contributed by atoms with van der Waals surface area (Å²) in [6, 6.07) is 15.9. The van der Waals surface area contributed by atoms with Crippen LogP contribution in [0.1, 0.15) is 62.3 Å². The minimum atomic E-state index is -1.07. The van der Waals surface area contributed by atoms with Gasteiger partial charge in [-0.3, -0.25) is 0 Å². The van der Waals surface area contributed by atoms with Gasteiger partial charge in [-0.05, 0) is 74.4 Å². The summed E-state index contributed by atoms with van der Waals surface area (Å²) in [4.78, 5) is 46.3. The van der Waals surface area contributed by atoms with Crippen molar-refractivity contribution >= 4 is 29.9 Å². The number of rotatable bonds is 3. The smallest absolute Gasteiger partial charge is 0.427 e. The topological polar surface area (TPSA) is 126 Å². The van der Waals surface area contributed by atoms with E-state index in [1.807, 2.05) is 18.2 Å². The number of anilines is 2. The van der Waals surface area contributed by atoms with Crippen LogP contribution in [0.3, 0.4) is 0 Å². The first kappa shape index (κ1) is 30.2. The van der Waals surface area contributed by atoms with Gasteiger partial charge in [0.05, 0.1) is 11.4 Å². The number of ether oxygens (including phenoxy) is 3. The summed E-state index contributed by atoms with van der Waals surface area (Å²) in [5, 5.41) is 0. The Bertz CT molecular complexity index is 1360. The summed E-state index contributed by atoms with van der Waals surface area (Å²) in [5.41, 5.74) is 5.39. The van der Waals surface area contributed by atoms with Gasteiger partial charge in [-0.2, -0.15) is 0 Å². The number of nitrogens with zero attached hydrogens (tertiary/aromatic N) is 3. The third-order valence-electron chi connectivity index (χ3n) is 5.00. The first-order valence-electron chi connectivity index (χ1n) is 12.9. The Kier molecular flexibility index (Phi) is 8.33. The van der Waals surface area contributed by atoms with E-state index in [9.17, 15) is 14.4 Å². The Labute approximate surface area is 235 Å². The lowest BCUT2D eigenvalue weighted by atomic mass is 10.0. The summed E-state index contributed by atoms with van der Waals surface area (Å²) in [7, 11) is 0. The van der Waals surface area contributed by atoms with Gasteiger partial charge in [-0.25, -0.2) is 23.9 Å². The molecule has 1 heterocycles. The molecule has 40 heavy (non-hydrogen) atoms. The highest BCUT2D eigenvalue weighted by molar-refractivity contribution is 6.10. The Morgan fingerprint density at radius 1 is 0.725 bits per heavy atom. The average molecular weight is 551 g/mol. The molecule has 0 saturated heterocycles. The van der Waals surface area contributed by atoms with Crippen LogP contribution in [0.5, 0.6) is 0 Å². The highest BCUT2D eigenvalue weighted by atomic mass is 16.6. The van der Waals surface area contributed by atoms with Crippen LogP contribution in [0.25, 0.3) is 22.5 Å². The normalized spacial score (nSPS) is 12.0. The minimum Gasteiger partial charge on any atom is -0.443 e. The minimum absolute atomic E-state index is 0.264. The second-order valence-electron chi connectivity index (χ2n) is 12.2. The number of nitrogen functional groups attached to an aromatic ring is 1. The number of imidazole rings is 1. The van der Waals surface area contributed by atoms with Gasteiger partial charge in [0.1, 0.15) is 16.8 Å². The van der Waals surface area contributed by atoms with Crippen LogP contribution in [0.4, 0.5) is 26.0 Å². The van der Waals surface area contributed by atoms with Gasteiger partial charge < -0.3 is 19.9 Å². The average Bonchev–Trinajstić information content (AvgIpc) is 3.16. The predicted octanol–water partition coefficient (Wildman–Crippen LogP) is 7.26. The lowest BCUT2D eigenvalue weighted by Gasteiger charge is -2.28. The number of amides is 2. The van der Waals surface area contributed by atoms with Gasteiger partial charge in [0, 0.05) is 16.8 Å². The van der Waals surface area contributed by atoms with Crippen molar-refractivity contribution in [3.05, 3.63) is 54.6 Å². The summed E-state index contributed by atoms with van der Waals surface area (Å²) < 4.78 is 18.0. The van der Waals surface area contributed by atoms with E-state index in [2.05, 4.69) is 4.98 Å². The zero-order valence-electron chi connectivity index (χ0n) is 24.6. The van der Waals surface area contributed by atoms with Crippen molar-refractivity contribution in [2.24, 2.45) is 0 Å². The third kappa shape index (κ3) is 7.62. The molecule has 0 bridgehead atoms. The Balaban J connectivity index is 2.44. The van der Waals surface area contributed by atoms with E-state index in [0.717, 1.165) is 4.57 Å². The third-order valence-corrected chi connectivity index (χ3v) is 5.00. The van der Waals surface area contributed by atoms with Gasteiger partial charge in [0.15, 0.2) is 0 Å². The van der Waals surface area contributed by atoms with Crippen LogP contribution >= 0.6 is 0 Å². The molecule has 10 nitrogen and oxygen atoms in total. The molecule has 1 aromatic heterocycles. The maximum atomic E-state index is 13.9. The van der Waals surface area contributed by atoms with Crippen LogP contribution in [0, 0.1) is 0 Å². The second kappa shape index (κ2) is 11.0. The number of aromatic nitrogens is 2. The number of imide groups is 1. The zero-order chi connectivity index (χ0) is 30.0. The monoisotopic (exact) mass is 550 g/mol. The molecular weight excluding hydrogens is 512 g/mol. The van der Waals surface area contributed by atoms with Gasteiger partial charge in [0.25, 0.3) is 0 Å². The van der Waals surface area contributed by atoms with E-state index in [-0.39, 0.29) is 11.6 Å². The highest BCUT2D eigenvalue weighted by Crippen LogP contribution is 2.38. The molecular formula is C30H38N4O6. The molecule has 0 aliphatic heterocycles. The number of benzene rings is 2. The molecule has 0 fully saturated rings. The van der Waals surface area contributed by atoms with E-state index in [4.69, 9.17) is 19.9 Å². The van der Waals surface area contributed by atoms with Gasteiger partial charge >= 0.3 is 18.3 Å². The molecule has 2 N–H and O–H groups in total. The molecule has 214 valence electrons. The van der Waals surface area contributed by atoms with Crippen molar-refractivity contribution in [3.8, 4) is 22.5 Å². The van der Waals surface area contributed by atoms with E-state index >= 15 is 0 Å². The van der Waals surface area contributed by atoms with Crippen molar-refractivity contribution in [1.82, 2.24) is 9.55 Å². The van der Waals surface area contributed by atoms with Crippen molar-refractivity contribution in [2.75, 3.05) is 10.6 Å². The molecule has 2 aromatic carbocycles. The Morgan fingerprint density at radius 3 is 1.70 bits per heavy atom. The maximum absolute atomic E-state index is 13.9. The lowest BCUT2D eigenvalue weighted by molar-refractivity contribution is 0.0423. The van der Waals surface area contributed by atoms with Crippen molar-refractivity contribution in [2.45, 2.75) is 79.1 Å². The van der Waals surface area contributed by atoms with E-state index in [0.29, 0.717) is 27.4 Å². The van der Waals surface area contributed by atoms with Crippen LogP contribution < -0.4 is 10.6 Å². The summed E-state index contributed by atoms with van der Waals surface area (Å²) >= 11 is 0. The molecule has 0 spiro atoms. The first-order valence-corrected chi connectivity index (χ1v) is 12.9. The fourth-order valence-electron chi connectivity index (χ4n) is 3.64. The molecule has 0 saturated carbocycles. The second-order valence-corrected chi connectivity index (χ2v) is 12.2. The van der Waals surface area contributed by atoms with Gasteiger partial charge in [-0.15, -0.1) is 4.90 Å². The van der Waals surface area contributed by atoms with Crippen LogP contribution in [-0.2, 0) is 14.2 Å². The summed E-state index contributed by atoms with van der Waals surface area (Å²) in [5.74, 6) is -0.353. The van der Waals surface area contributed by atoms with Crippen LogP contribution in [0.2, 0.25) is 0 Å². The van der Waals surface area contributed by atoms with Crippen molar-refractivity contribution < 1.29 is 28.6 Å². The van der Waals surface area contributed by atoms with Crippen LogP contribution in [-0.4, -0.2) is 44.6 Å². The molecule has 0 atom stereocenters. The molecule has 0 aliphatic rings. The zero-order valence-corrected chi connectivity index (χ0v) is 24.6. The number of hydrogen-bond donors (Lipinski definition) is 1. The molecule has 2 amide bonds. The van der Waals surface area contributed by atoms with Gasteiger partial charge in [-0.1, -0.05) is 42.5 Å². The van der Waals surface area contributed by atoms with Crippen molar-refractivity contribution in [3.63, 3.8) is 0 Å². The standard InChI is InChI=1S/C30H38N4O6/c1-28(2,3)38-25(35)33-23(20-16-13-17-21(31)18-20)22(19-14-11-10-12-15-19)32-24(33)34(26(36)39-29(4,5)6)27(37)40-30(7,8)9/h10-18H,31H2,1-9H3. The van der Waals surface area contributed by atoms with E-state index < -0.39 is 35.1 Å². The number of carbonyl (C=O) groups is 3. The van der Waals surface area contributed by atoms with Crippen molar-refractivity contribution in [1.29, 1.82) is 0 Å². The fourth-order valence-corrected chi connectivity index (χ4v) is 3.64. The Hall–Kier alpha value is -4.34. The maximum Gasteiger partial charge on any atom is 0.427 e. The fraction of sp³-hybridized carbons (Fsp3) is 0.400. The number of carbonyl (C=O) groups excluding carboxylic acids is 3. The van der Waals surface area contributed by atoms with E-state index in [1.54, 1.807) is 98.7 Å². The molecule has 3 aromatic rings. The molecule has 0 unspecified atom stereocenters. The lowest BCUT2D eigenvalue weighted by Crippen LogP contribution is -2.45. The summed E-state index contributed by atoms with van der Waals surface area (Å²) in [6.07, 6.45) is -3.02. The van der Waals surface area contributed by atoms with Gasteiger partial charge in [0.2, 0.25) is 5.95 Å². The number of hydrogen-bond acceptors (Lipinski definition) is 8. The summed E-state index contributed by atoms with van der Waals surface area (Å²) in [6.45, 7) is 15.1. The largest absolute Gasteiger partial charge is 0.443 e. The highest BCUT2D eigenvalue weighted by Gasteiger charge is 2.40. The first-order chi connectivity index (χ1) is 18.4. The molecule has 0 radical (unpaired) electrons. The quantitative estimate of drug-likeness (QED) is 0.267. The van der Waals surface area contributed by atoms with E-state index in [1.165, 1.54) is 0 Å². The SMILES string of the molecule is CC(C)(C)OC(=O)N(C(=O)OC(C)(C)C)c1nc(-c2ccccc2)c(-c2cccc(N)c2)n1C(=O)OC(C)(C)C. The van der Waals surface area contributed by atoms with Crippen LogP contribution in [0.15, 0.2) is 54.6 Å². The Morgan fingerprint density at radius 2 is 1.23 bits per heavy atom. The number of nitrogens with two attached hydrogens (primary N) is 1. The predicted molar refractivity (Wildman–Crippen MR) is 154 cm³/mol. The molecule has 0 aliphatic carbocycles. The molecule has 3 rings (SSSR count).